The van der Waals surface area contributed by atoms with Crippen molar-refractivity contribution in [2.75, 3.05) is 0 Å². The van der Waals surface area contributed by atoms with E-state index in [-0.39, 0.29) is 10.6 Å². The third-order valence-corrected chi connectivity index (χ3v) is 9.60. The Morgan fingerprint density at radius 1 is 0.604 bits per heavy atom. The smallest absolute Gasteiger partial charge is 0.277 e. The molecule has 0 unspecified atom stereocenters. The molecule has 232 valence electrons. The molecule has 3 aromatic heterocycles. The summed E-state index contributed by atoms with van der Waals surface area (Å²) in [4.78, 5) is 14.7. The van der Waals surface area contributed by atoms with Crippen molar-refractivity contribution in [1.29, 1.82) is 0 Å². The zero-order chi connectivity index (χ0) is 32.8. The van der Waals surface area contributed by atoms with Crippen molar-refractivity contribution in [2.24, 2.45) is 0 Å². The van der Waals surface area contributed by atoms with E-state index in [0.29, 0.717) is 5.56 Å². The van der Waals surface area contributed by atoms with Gasteiger partial charge in [-0.1, -0.05) is 92.5 Å². The van der Waals surface area contributed by atoms with E-state index >= 15 is 0 Å². The van der Waals surface area contributed by atoms with Crippen LogP contribution in [-0.4, -0.2) is 19.0 Å². The second-order valence-corrected chi connectivity index (χ2v) is 13.3. The molecule has 0 aliphatic heterocycles. The number of nitrogens with zero attached hydrogens (tertiary/aromatic N) is 3. The van der Waals surface area contributed by atoms with Gasteiger partial charge in [0.05, 0.1) is 27.0 Å². The van der Waals surface area contributed by atoms with E-state index in [1.54, 1.807) is 12.1 Å². The lowest BCUT2D eigenvalue weighted by Gasteiger charge is -2.08. The Labute approximate surface area is 292 Å². The molecular weight excluding hydrogens is 728 g/mol. The maximum atomic E-state index is 11.4. The number of aromatic nitrogens is 3. The van der Waals surface area contributed by atoms with E-state index in [2.05, 4.69) is 113 Å². The first-order valence-electron chi connectivity index (χ1n) is 15.3. The minimum absolute atomic E-state index is 0.0976. The normalized spacial score (nSPS) is 11.3. The number of nitro benzene ring substituents is 1. The monoisotopic (exact) mass is 752 g/mol. The summed E-state index contributed by atoms with van der Waals surface area (Å²) in [6, 6.07) is 46.4. The Morgan fingerprint density at radius 3 is 2.00 bits per heavy atom. The largest absolute Gasteiger partial charge is 0.353 e. The summed E-state index contributed by atoms with van der Waals surface area (Å²) in [5, 5.41) is 16.2. The average Bonchev–Trinajstić information content (AvgIpc) is 3.84. The number of hydrogen-bond acceptors (Lipinski definition) is 2. The summed E-state index contributed by atoms with van der Waals surface area (Å²) in [6.45, 7) is 0. The molecule has 1 N–H and O–H groups in total. The van der Waals surface area contributed by atoms with Crippen molar-refractivity contribution in [3.63, 3.8) is 0 Å². The molecule has 0 saturated carbocycles. The summed E-state index contributed by atoms with van der Waals surface area (Å²) < 4.78 is 6.25. The van der Waals surface area contributed by atoms with Crippen LogP contribution in [0.4, 0.5) is 5.69 Å². The fourth-order valence-electron chi connectivity index (χ4n) is 6.38. The lowest BCUT2D eigenvalue weighted by atomic mass is 10.0. The van der Waals surface area contributed by atoms with Crippen LogP contribution >= 0.6 is 31.9 Å². The predicted molar refractivity (Wildman–Crippen MR) is 203 cm³/mol. The SMILES string of the molecule is Brc1ccc2[nH]c3c(ccc4ccn(-c5ccccc5)c43)c2c1.O=[N+]([O-])c1ccc(Br)cc1-c1ccc2ccn(-c3ccccc3)c2c1. The van der Waals surface area contributed by atoms with Gasteiger partial charge in [-0.05, 0) is 83.7 Å². The van der Waals surface area contributed by atoms with Gasteiger partial charge >= 0.3 is 0 Å². The van der Waals surface area contributed by atoms with Gasteiger partial charge in [-0.3, -0.25) is 10.1 Å². The first-order chi connectivity index (χ1) is 23.4. The zero-order valence-electron chi connectivity index (χ0n) is 25.3. The van der Waals surface area contributed by atoms with E-state index in [9.17, 15) is 10.1 Å². The number of hydrogen-bond donors (Lipinski definition) is 1. The molecule has 0 spiro atoms. The van der Waals surface area contributed by atoms with Gasteiger partial charge in [-0.2, -0.15) is 0 Å². The van der Waals surface area contributed by atoms with Gasteiger partial charge in [-0.15, -0.1) is 0 Å². The van der Waals surface area contributed by atoms with E-state index in [1.165, 1.54) is 38.9 Å². The van der Waals surface area contributed by atoms with Crippen LogP contribution in [0.15, 0.2) is 161 Å². The van der Waals surface area contributed by atoms with Crippen molar-refractivity contribution >= 4 is 81.2 Å². The van der Waals surface area contributed by atoms with Crippen molar-refractivity contribution in [1.82, 2.24) is 14.1 Å². The molecule has 48 heavy (non-hydrogen) atoms. The summed E-state index contributed by atoms with van der Waals surface area (Å²) in [5.41, 5.74) is 8.33. The van der Waals surface area contributed by atoms with Crippen LogP contribution in [0, 0.1) is 10.1 Å². The van der Waals surface area contributed by atoms with Gasteiger partial charge in [-0.25, -0.2) is 0 Å². The molecule has 0 saturated heterocycles. The highest BCUT2D eigenvalue weighted by Crippen LogP contribution is 2.36. The lowest BCUT2D eigenvalue weighted by Crippen LogP contribution is -1.94. The fraction of sp³-hybridized carbons (Fsp3) is 0. The molecule has 9 aromatic rings. The summed E-state index contributed by atoms with van der Waals surface area (Å²) in [5.74, 6) is 0. The van der Waals surface area contributed by atoms with Crippen LogP contribution < -0.4 is 0 Å². The fourth-order valence-corrected chi connectivity index (χ4v) is 7.10. The Balaban J connectivity index is 0.000000140. The first-order valence-corrected chi connectivity index (χ1v) is 16.9. The van der Waals surface area contributed by atoms with Crippen LogP contribution in [0.2, 0.25) is 0 Å². The van der Waals surface area contributed by atoms with Crippen molar-refractivity contribution < 1.29 is 4.92 Å². The Kier molecular flexibility index (Phi) is 7.67. The highest BCUT2D eigenvalue weighted by atomic mass is 79.9. The maximum Gasteiger partial charge on any atom is 0.277 e. The number of benzene rings is 6. The standard InChI is InChI=1S/C20H13BrN2O2.C20H13BrN2/c21-16-8-9-19(23(24)25)18(13-16)15-7-6-14-10-11-22(20(14)12-15)17-4-2-1-3-5-17;21-14-7-9-18-17(12-14)16-8-6-13-10-11-23(20(13)19(16)22-18)15-4-2-1-3-5-15/h1-13H;1-12,22H. The Bertz CT molecular complexity index is 2620. The summed E-state index contributed by atoms with van der Waals surface area (Å²) in [6.07, 6.45) is 4.15. The van der Waals surface area contributed by atoms with Gasteiger partial charge < -0.3 is 14.1 Å². The Hall–Kier alpha value is -5.44. The molecule has 0 atom stereocenters. The highest BCUT2D eigenvalue weighted by Gasteiger charge is 2.17. The summed E-state index contributed by atoms with van der Waals surface area (Å²) in [7, 11) is 0. The first kappa shape index (κ1) is 29.9. The molecule has 0 fully saturated rings. The quantitative estimate of drug-likeness (QED) is 0.144. The van der Waals surface area contributed by atoms with Crippen LogP contribution in [0.5, 0.6) is 0 Å². The molecule has 9 rings (SSSR count). The van der Waals surface area contributed by atoms with Gasteiger partial charge in [0, 0.05) is 60.5 Å². The van der Waals surface area contributed by atoms with E-state index in [4.69, 9.17) is 0 Å². The van der Waals surface area contributed by atoms with Gasteiger partial charge in [0.2, 0.25) is 0 Å². The second kappa shape index (κ2) is 12.3. The van der Waals surface area contributed by atoms with Crippen molar-refractivity contribution in [2.45, 2.75) is 0 Å². The van der Waals surface area contributed by atoms with Crippen LogP contribution in [-0.2, 0) is 0 Å². The van der Waals surface area contributed by atoms with E-state index < -0.39 is 0 Å². The minimum Gasteiger partial charge on any atom is -0.353 e. The third kappa shape index (κ3) is 5.39. The average molecular weight is 754 g/mol. The molecule has 3 heterocycles. The highest BCUT2D eigenvalue weighted by molar-refractivity contribution is 9.10. The number of nitro groups is 1. The molecule has 8 heteroatoms. The zero-order valence-corrected chi connectivity index (χ0v) is 28.5. The predicted octanol–water partition coefficient (Wildman–Crippen LogP) is 12.0. The number of nitrogens with one attached hydrogen (secondary N) is 1. The molecular formula is C40H26Br2N4O2. The van der Waals surface area contributed by atoms with Crippen molar-refractivity contribution in [3.8, 4) is 22.5 Å². The molecule has 6 aromatic carbocycles. The van der Waals surface area contributed by atoms with Gasteiger partial charge in [0.1, 0.15) is 0 Å². The number of para-hydroxylation sites is 2. The molecule has 6 nitrogen and oxygen atoms in total. The number of halogens is 2. The Morgan fingerprint density at radius 2 is 1.25 bits per heavy atom. The summed E-state index contributed by atoms with van der Waals surface area (Å²) >= 11 is 6.99. The molecule has 0 bridgehead atoms. The number of rotatable bonds is 4. The topological polar surface area (TPSA) is 68.8 Å². The van der Waals surface area contributed by atoms with E-state index in [0.717, 1.165) is 36.6 Å². The molecule has 0 amide bonds. The van der Waals surface area contributed by atoms with Crippen LogP contribution in [0.25, 0.3) is 66.1 Å². The lowest BCUT2D eigenvalue weighted by molar-refractivity contribution is -0.384. The molecule has 0 radical (unpaired) electrons. The second-order valence-electron chi connectivity index (χ2n) is 11.5. The van der Waals surface area contributed by atoms with Crippen molar-refractivity contribution in [3.05, 3.63) is 171 Å². The third-order valence-electron chi connectivity index (χ3n) is 8.61. The van der Waals surface area contributed by atoms with Crippen LogP contribution in [0.3, 0.4) is 0 Å². The molecule has 0 aliphatic rings. The molecule has 0 aliphatic carbocycles. The maximum absolute atomic E-state index is 11.4. The minimum atomic E-state index is -0.345. The number of fused-ring (bicyclic) bond motifs is 6. The van der Waals surface area contributed by atoms with Crippen LogP contribution in [0.1, 0.15) is 0 Å². The number of H-pyrrole nitrogens is 1. The van der Waals surface area contributed by atoms with E-state index in [1.807, 2.05) is 66.9 Å². The number of aromatic amines is 1. The van der Waals surface area contributed by atoms with Gasteiger partial charge in [0.25, 0.3) is 5.69 Å². The van der Waals surface area contributed by atoms with Gasteiger partial charge in [0.15, 0.2) is 0 Å².